The van der Waals surface area contributed by atoms with Crippen molar-refractivity contribution in [2.45, 2.75) is 30.6 Å². The smallest absolute Gasteiger partial charge is 0.408 e. The average molecular weight is 396 g/mol. The summed E-state index contributed by atoms with van der Waals surface area (Å²) in [4.78, 5) is 27.3. The van der Waals surface area contributed by atoms with Crippen LogP contribution in [0.5, 0.6) is 0 Å². The first kappa shape index (κ1) is 20.4. The summed E-state index contributed by atoms with van der Waals surface area (Å²) in [6, 6.07) is 8.01. The number of esters is 1. The van der Waals surface area contributed by atoms with E-state index < -0.39 is 27.9 Å². The molecule has 1 heterocycles. The van der Waals surface area contributed by atoms with Gasteiger partial charge in [-0.05, 0) is 18.4 Å². The molecule has 0 aliphatic heterocycles. The molecular formula is C16H20N4O6S. The highest BCUT2D eigenvalue weighted by atomic mass is 32.2. The zero-order valence-corrected chi connectivity index (χ0v) is 15.4. The number of nitrogens with zero attached hydrogens (tertiary/aromatic N) is 2. The number of alkyl carbamates (subject to hydrolysis) is 1. The van der Waals surface area contributed by atoms with Crippen molar-refractivity contribution in [3.63, 3.8) is 0 Å². The van der Waals surface area contributed by atoms with Gasteiger partial charge >= 0.3 is 12.1 Å². The molecule has 0 saturated heterocycles. The Hall–Kier alpha value is -2.95. The van der Waals surface area contributed by atoms with Crippen molar-refractivity contribution < 1.29 is 27.5 Å². The van der Waals surface area contributed by atoms with E-state index in [0.717, 1.165) is 11.9 Å². The number of carbonyl (C=O) groups excluding carboxylic acids is 2. The van der Waals surface area contributed by atoms with Gasteiger partial charge in [0.15, 0.2) is 0 Å². The third kappa shape index (κ3) is 6.37. The lowest BCUT2D eigenvalue weighted by molar-refractivity contribution is -0.143. The Balaban J connectivity index is 1.85. The van der Waals surface area contributed by atoms with Crippen LogP contribution in [-0.2, 0) is 30.7 Å². The Morgan fingerprint density at radius 1 is 1.26 bits per heavy atom. The van der Waals surface area contributed by atoms with Gasteiger partial charge in [-0.15, -0.1) is 0 Å². The molecule has 0 radical (unpaired) electrons. The molecule has 2 aromatic rings. The maximum atomic E-state index is 12.0. The Labute approximate surface area is 156 Å². The summed E-state index contributed by atoms with van der Waals surface area (Å²) in [7, 11) is -2.47. The van der Waals surface area contributed by atoms with Crippen molar-refractivity contribution in [3.8, 4) is 0 Å². The average Bonchev–Trinajstić information content (AvgIpc) is 3.21. The summed E-state index contributed by atoms with van der Waals surface area (Å²) < 4.78 is 33.8. The van der Waals surface area contributed by atoms with E-state index in [4.69, 9.17) is 4.74 Å². The monoisotopic (exact) mass is 396 g/mol. The molecule has 146 valence electrons. The summed E-state index contributed by atoms with van der Waals surface area (Å²) in [5.74, 6) is -0.958. The first-order chi connectivity index (χ1) is 12.9. The van der Waals surface area contributed by atoms with E-state index in [-0.39, 0.29) is 30.4 Å². The van der Waals surface area contributed by atoms with E-state index in [1.165, 1.54) is 7.11 Å². The van der Waals surface area contributed by atoms with Crippen molar-refractivity contribution in [3.05, 3.63) is 42.2 Å². The van der Waals surface area contributed by atoms with Gasteiger partial charge < -0.3 is 14.8 Å². The van der Waals surface area contributed by atoms with Crippen molar-refractivity contribution >= 4 is 21.9 Å². The lowest BCUT2D eigenvalue weighted by Gasteiger charge is -2.16. The van der Waals surface area contributed by atoms with Gasteiger partial charge in [0.05, 0.1) is 12.9 Å². The standard InChI is InChI=1S/C16H20N4O6S/c1-25-14(21)13(8-5-9-27(23,24)15-17-11-18-20-15)19-16(22)26-10-12-6-3-2-4-7-12/h2-4,6-7,11,13H,5,8-10H2,1H3,(H,19,22)(H,17,18,20)/t13-/m0/s1. The molecule has 0 fully saturated rings. The molecule has 0 saturated carbocycles. The fourth-order valence-corrected chi connectivity index (χ4v) is 3.36. The molecule has 0 aliphatic carbocycles. The van der Waals surface area contributed by atoms with Crippen LogP contribution in [0.4, 0.5) is 4.79 Å². The maximum Gasteiger partial charge on any atom is 0.408 e. The number of hydrogen-bond acceptors (Lipinski definition) is 8. The lowest BCUT2D eigenvalue weighted by atomic mass is 10.2. The molecule has 1 atom stereocenters. The number of nitrogens with one attached hydrogen (secondary N) is 2. The van der Waals surface area contributed by atoms with E-state index in [9.17, 15) is 18.0 Å². The molecule has 2 rings (SSSR count). The second kappa shape index (κ2) is 9.67. The molecule has 27 heavy (non-hydrogen) atoms. The number of amides is 1. The van der Waals surface area contributed by atoms with Gasteiger partial charge in [0.2, 0.25) is 15.0 Å². The SMILES string of the molecule is COC(=O)[C@H](CCCS(=O)(=O)c1ncn[nH]1)NC(=O)OCc1ccccc1. The van der Waals surface area contributed by atoms with Crippen molar-refractivity contribution in [1.29, 1.82) is 0 Å². The molecule has 10 nitrogen and oxygen atoms in total. The molecule has 11 heteroatoms. The first-order valence-corrected chi connectivity index (χ1v) is 9.71. The summed E-state index contributed by atoms with van der Waals surface area (Å²) in [5.41, 5.74) is 0.792. The van der Waals surface area contributed by atoms with Gasteiger partial charge in [-0.25, -0.2) is 23.0 Å². The van der Waals surface area contributed by atoms with E-state index in [1.54, 1.807) is 12.1 Å². The lowest BCUT2D eigenvalue weighted by Crippen LogP contribution is -2.42. The van der Waals surface area contributed by atoms with Crippen LogP contribution >= 0.6 is 0 Å². The van der Waals surface area contributed by atoms with Gasteiger partial charge in [-0.3, -0.25) is 5.10 Å². The number of methoxy groups -OCH3 is 1. The Morgan fingerprint density at radius 2 is 2.00 bits per heavy atom. The Kier molecular flexibility index (Phi) is 7.29. The first-order valence-electron chi connectivity index (χ1n) is 8.05. The summed E-state index contributed by atoms with van der Waals surface area (Å²) in [6.07, 6.45) is 0.448. The summed E-state index contributed by atoms with van der Waals surface area (Å²) in [6.45, 7) is 0.0421. The second-order valence-electron chi connectivity index (χ2n) is 5.53. The van der Waals surface area contributed by atoms with Gasteiger partial charge in [0.1, 0.15) is 19.0 Å². The number of carbonyl (C=O) groups is 2. The third-order valence-electron chi connectivity index (χ3n) is 3.58. The van der Waals surface area contributed by atoms with E-state index >= 15 is 0 Å². The largest absolute Gasteiger partial charge is 0.467 e. The molecule has 2 N–H and O–H groups in total. The normalized spacial score (nSPS) is 12.2. The number of hydrogen-bond donors (Lipinski definition) is 2. The predicted molar refractivity (Wildman–Crippen MR) is 93.2 cm³/mol. The topological polar surface area (TPSA) is 140 Å². The van der Waals surface area contributed by atoms with Crippen LogP contribution in [-0.4, -0.2) is 54.6 Å². The van der Waals surface area contributed by atoms with Crippen LogP contribution in [0.15, 0.2) is 41.8 Å². The molecule has 0 bridgehead atoms. The van der Waals surface area contributed by atoms with Crippen LogP contribution in [0.3, 0.4) is 0 Å². The van der Waals surface area contributed by atoms with Crippen LogP contribution in [0, 0.1) is 0 Å². The minimum Gasteiger partial charge on any atom is -0.467 e. The summed E-state index contributed by atoms with van der Waals surface area (Å²) in [5, 5.41) is 7.93. The van der Waals surface area contributed by atoms with Crippen LogP contribution in [0.2, 0.25) is 0 Å². The highest BCUT2D eigenvalue weighted by molar-refractivity contribution is 7.91. The maximum absolute atomic E-state index is 12.0. The molecule has 1 amide bonds. The minimum absolute atomic E-state index is 0.0421. The van der Waals surface area contributed by atoms with Crippen molar-refractivity contribution in [1.82, 2.24) is 20.5 Å². The zero-order valence-electron chi connectivity index (χ0n) is 14.6. The Morgan fingerprint density at radius 3 is 2.63 bits per heavy atom. The van der Waals surface area contributed by atoms with E-state index in [2.05, 4.69) is 25.2 Å². The molecule has 1 aromatic heterocycles. The van der Waals surface area contributed by atoms with E-state index in [0.29, 0.717) is 0 Å². The molecular weight excluding hydrogens is 376 g/mol. The van der Waals surface area contributed by atoms with Crippen LogP contribution < -0.4 is 5.32 Å². The van der Waals surface area contributed by atoms with Crippen molar-refractivity contribution in [2.24, 2.45) is 0 Å². The Bertz CT molecular complexity index is 839. The van der Waals surface area contributed by atoms with Gasteiger partial charge in [-0.1, -0.05) is 30.3 Å². The number of aromatic nitrogens is 3. The predicted octanol–water partition coefficient (Wildman–Crippen LogP) is 0.827. The van der Waals surface area contributed by atoms with E-state index in [1.807, 2.05) is 18.2 Å². The fourth-order valence-electron chi connectivity index (χ4n) is 2.22. The number of aromatic amines is 1. The number of benzene rings is 1. The third-order valence-corrected chi connectivity index (χ3v) is 5.20. The zero-order chi connectivity index (χ0) is 19.7. The highest BCUT2D eigenvalue weighted by Gasteiger charge is 2.24. The van der Waals surface area contributed by atoms with Crippen LogP contribution in [0.25, 0.3) is 0 Å². The van der Waals surface area contributed by atoms with Gasteiger partial charge in [0, 0.05) is 0 Å². The highest BCUT2D eigenvalue weighted by Crippen LogP contribution is 2.09. The number of rotatable bonds is 9. The number of H-pyrrole nitrogens is 1. The molecule has 1 aromatic carbocycles. The number of sulfone groups is 1. The minimum atomic E-state index is -3.64. The molecule has 0 unspecified atom stereocenters. The quantitative estimate of drug-likeness (QED) is 0.594. The fraction of sp³-hybridized carbons (Fsp3) is 0.375. The second-order valence-corrected chi connectivity index (χ2v) is 7.56. The number of ether oxygens (including phenoxy) is 2. The molecule has 0 spiro atoms. The van der Waals surface area contributed by atoms with Crippen molar-refractivity contribution in [2.75, 3.05) is 12.9 Å². The van der Waals surface area contributed by atoms with Crippen LogP contribution in [0.1, 0.15) is 18.4 Å². The van der Waals surface area contributed by atoms with Gasteiger partial charge in [0.25, 0.3) is 0 Å². The summed E-state index contributed by atoms with van der Waals surface area (Å²) >= 11 is 0. The van der Waals surface area contributed by atoms with Gasteiger partial charge in [-0.2, -0.15) is 5.10 Å². The molecule has 0 aliphatic rings.